The van der Waals surface area contributed by atoms with E-state index in [0.717, 1.165) is 11.3 Å². The van der Waals surface area contributed by atoms with Crippen molar-refractivity contribution in [1.29, 1.82) is 0 Å². The van der Waals surface area contributed by atoms with Gasteiger partial charge < -0.3 is 10.6 Å². The van der Waals surface area contributed by atoms with E-state index in [0.29, 0.717) is 19.0 Å². The van der Waals surface area contributed by atoms with Gasteiger partial charge in [-0.15, -0.1) is 0 Å². The lowest BCUT2D eigenvalue weighted by molar-refractivity contribution is 0.215. The number of aromatic amines is 1. The highest BCUT2D eigenvalue weighted by molar-refractivity contribution is 5.73. The molecule has 102 valence electrons. The van der Waals surface area contributed by atoms with E-state index in [2.05, 4.69) is 48.5 Å². The number of hydrogen-bond acceptors (Lipinski definition) is 2. The Kier molecular flexibility index (Phi) is 4.76. The van der Waals surface area contributed by atoms with E-state index in [-0.39, 0.29) is 11.4 Å². The number of carbonyl (C=O) groups excluding carboxylic acids is 1. The molecule has 0 saturated carbocycles. The molecule has 0 bridgehead atoms. The molecule has 3 N–H and O–H groups in total. The van der Waals surface area contributed by atoms with Crippen LogP contribution in [-0.4, -0.2) is 22.8 Å². The predicted molar refractivity (Wildman–Crippen MR) is 72.2 cm³/mol. The van der Waals surface area contributed by atoms with Gasteiger partial charge in [0, 0.05) is 24.3 Å². The molecule has 1 aromatic heterocycles. The maximum absolute atomic E-state index is 11.7. The highest BCUT2D eigenvalue weighted by atomic mass is 16.2. The summed E-state index contributed by atoms with van der Waals surface area (Å²) < 4.78 is 0. The van der Waals surface area contributed by atoms with Gasteiger partial charge in [0.25, 0.3) is 0 Å². The Labute approximate surface area is 109 Å². The number of H-pyrrole nitrogens is 1. The molecule has 0 aliphatic rings. The standard InChI is InChI=1S/C13H24N4O/c1-9(2)13(4,5)8-15-12(18)14-6-11-7-16-17-10(11)3/h7,9H,6,8H2,1-5H3,(H,16,17)(H2,14,15,18). The second-order valence-corrected chi connectivity index (χ2v) is 5.70. The van der Waals surface area contributed by atoms with E-state index < -0.39 is 0 Å². The van der Waals surface area contributed by atoms with E-state index in [9.17, 15) is 4.79 Å². The minimum Gasteiger partial charge on any atom is -0.338 e. The summed E-state index contributed by atoms with van der Waals surface area (Å²) in [6.07, 6.45) is 1.73. The smallest absolute Gasteiger partial charge is 0.315 e. The number of carbonyl (C=O) groups is 1. The lowest BCUT2D eigenvalue weighted by Gasteiger charge is -2.29. The maximum Gasteiger partial charge on any atom is 0.315 e. The van der Waals surface area contributed by atoms with E-state index in [4.69, 9.17) is 0 Å². The van der Waals surface area contributed by atoms with Gasteiger partial charge in [0.2, 0.25) is 0 Å². The van der Waals surface area contributed by atoms with Crippen LogP contribution in [0.4, 0.5) is 4.79 Å². The number of urea groups is 1. The molecule has 1 aromatic rings. The van der Waals surface area contributed by atoms with Gasteiger partial charge in [-0.05, 0) is 18.3 Å². The van der Waals surface area contributed by atoms with Crippen LogP contribution in [0.2, 0.25) is 0 Å². The van der Waals surface area contributed by atoms with Crippen LogP contribution in [0.3, 0.4) is 0 Å². The van der Waals surface area contributed by atoms with Crippen molar-refractivity contribution < 1.29 is 4.79 Å². The summed E-state index contributed by atoms with van der Waals surface area (Å²) in [5.74, 6) is 0.522. The average Bonchev–Trinajstić information content (AvgIpc) is 2.69. The van der Waals surface area contributed by atoms with Gasteiger partial charge >= 0.3 is 6.03 Å². The van der Waals surface area contributed by atoms with E-state index in [1.54, 1.807) is 6.20 Å². The summed E-state index contributed by atoms with van der Waals surface area (Å²) in [6.45, 7) is 11.7. The number of hydrogen-bond donors (Lipinski definition) is 3. The van der Waals surface area contributed by atoms with Crippen molar-refractivity contribution in [3.63, 3.8) is 0 Å². The minimum absolute atomic E-state index is 0.100. The lowest BCUT2D eigenvalue weighted by atomic mass is 9.81. The third-order valence-electron chi connectivity index (χ3n) is 3.64. The van der Waals surface area contributed by atoms with Gasteiger partial charge in [0.15, 0.2) is 0 Å². The monoisotopic (exact) mass is 252 g/mol. The largest absolute Gasteiger partial charge is 0.338 e. The fraction of sp³-hybridized carbons (Fsp3) is 0.692. The summed E-state index contributed by atoms with van der Waals surface area (Å²) in [4.78, 5) is 11.7. The van der Waals surface area contributed by atoms with Gasteiger partial charge in [-0.25, -0.2) is 4.79 Å². The molecule has 0 spiro atoms. The van der Waals surface area contributed by atoms with Crippen molar-refractivity contribution in [1.82, 2.24) is 20.8 Å². The first-order valence-corrected chi connectivity index (χ1v) is 6.33. The molecule has 0 aliphatic carbocycles. The minimum atomic E-state index is -0.135. The zero-order valence-corrected chi connectivity index (χ0v) is 11.9. The molecule has 0 radical (unpaired) electrons. The molecule has 1 rings (SSSR count). The molecule has 0 saturated heterocycles. The van der Waals surface area contributed by atoms with Crippen LogP contribution >= 0.6 is 0 Å². The quantitative estimate of drug-likeness (QED) is 0.752. The van der Waals surface area contributed by atoms with Crippen LogP contribution in [0.25, 0.3) is 0 Å². The van der Waals surface area contributed by atoms with E-state index in [1.807, 2.05) is 6.92 Å². The van der Waals surface area contributed by atoms with Gasteiger partial charge in [-0.1, -0.05) is 27.7 Å². The molecule has 2 amide bonds. The number of aromatic nitrogens is 2. The molecule has 0 aromatic carbocycles. The fourth-order valence-electron chi connectivity index (χ4n) is 1.30. The first kappa shape index (κ1) is 14.5. The second kappa shape index (κ2) is 5.89. The Morgan fingerprint density at radius 3 is 2.61 bits per heavy atom. The van der Waals surface area contributed by atoms with E-state index in [1.165, 1.54) is 0 Å². The number of rotatable bonds is 5. The molecule has 1 heterocycles. The van der Waals surface area contributed by atoms with Crippen molar-refractivity contribution in [2.24, 2.45) is 11.3 Å². The summed E-state index contributed by atoms with van der Waals surface area (Å²) in [5, 5.41) is 12.5. The van der Waals surface area contributed by atoms with Crippen LogP contribution in [-0.2, 0) is 6.54 Å². The zero-order valence-electron chi connectivity index (χ0n) is 11.9. The topological polar surface area (TPSA) is 69.8 Å². The van der Waals surface area contributed by atoms with Gasteiger partial charge in [0.1, 0.15) is 0 Å². The highest BCUT2D eigenvalue weighted by Gasteiger charge is 2.22. The van der Waals surface area contributed by atoms with Crippen LogP contribution in [0, 0.1) is 18.3 Å². The maximum atomic E-state index is 11.7. The number of nitrogens with zero attached hydrogens (tertiary/aromatic N) is 1. The first-order valence-electron chi connectivity index (χ1n) is 6.33. The molecular weight excluding hydrogens is 228 g/mol. The summed E-state index contributed by atoms with van der Waals surface area (Å²) >= 11 is 0. The summed E-state index contributed by atoms with van der Waals surface area (Å²) in [6, 6.07) is -0.135. The van der Waals surface area contributed by atoms with Crippen molar-refractivity contribution in [3.8, 4) is 0 Å². The van der Waals surface area contributed by atoms with Crippen LogP contribution < -0.4 is 10.6 Å². The summed E-state index contributed by atoms with van der Waals surface area (Å²) in [5.41, 5.74) is 2.09. The molecule has 0 fully saturated rings. The molecule has 0 aliphatic heterocycles. The third-order valence-corrected chi connectivity index (χ3v) is 3.64. The first-order chi connectivity index (χ1) is 8.33. The van der Waals surface area contributed by atoms with Crippen molar-refractivity contribution >= 4 is 6.03 Å². The summed E-state index contributed by atoms with van der Waals surface area (Å²) in [7, 11) is 0. The Hall–Kier alpha value is -1.52. The fourth-order valence-corrected chi connectivity index (χ4v) is 1.30. The molecule has 18 heavy (non-hydrogen) atoms. The molecule has 0 unspecified atom stereocenters. The van der Waals surface area contributed by atoms with Gasteiger partial charge in [-0.2, -0.15) is 5.10 Å². The van der Waals surface area contributed by atoms with Crippen LogP contribution in [0.1, 0.15) is 39.0 Å². The Balaban J connectivity index is 2.33. The van der Waals surface area contributed by atoms with Crippen molar-refractivity contribution in [2.75, 3.05) is 6.54 Å². The van der Waals surface area contributed by atoms with Crippen molar-refractivity contribution in [2.45, 2.75) is 41.2 Å². The lowest BCUT2D eigenvalue weighted by Crippen LogP contribution is -2.42. The van der Waals surface area contributed by atoms with E-state index >= 15 is 0 Å². The number of aryl methyl sites for hydroxylation is 1. The predicted octanol–water partition coefficient (Wildman–Crippen LogP) is 2.20. The molecule has 5 nitrogen and oxygen atoms in total. The average molecular weight is 252 g/mol. The molecule has 0 atom stereocenters. The zero-order chi connectivity index (χ0) is 13.8. The van der Waals surface area contributed by atoms with Crippen LogP contribution in [0.5, 0.6) is 0 Å². The highest BCUT2D eigenvalue weighted by Crippen LogP contribution is 2.24. The van der Waals surface area contributed by atoms with Gasteiger partial charge in [-0.3, -0.25) is 5.10 Å². The SMILES string of the molecule is Cc1[nH]ncc1CNC(=O)NCC(C)(C)C(C)C. The normalized spacial score (nSPS) is 11.7. The van der Waals surface area contributed by atoms with Crippen molar-refractivity contribution in [3.05, 3.63) is 17.5 Å². The Morgan fingerprint density at radius 2 is 2.11 bits per heavy atom. The second-order valence-electron chi connectivity index (χ2n) is 5.70. The third kappa shape index (κ3) is 4.05. The molecular formula is C13H24N4O. The Bertz CT molecular complexity index is 395. The number of nitrogens with one attached hydrogen (secondary N) is 3. The van der Waals surface area contributed by atoms with Crippen LogP contribution in [0.15, 0.2) is 6.20 Å². The Morgan fingerprint density at radius 1 is 1.44 bits per heavy atom. The number of amides is 2. The molecule has 5 heteroatoms. The van der Waals surface area contributed by atoms with Gasteiger partial charge in [0.05, 0.1) is 6.20 Å².